The van der Waals surface area contributed by atoms with E-state index in [1.807, 2.05) is 30.3 Å². The van der Waals surface area contributed by atoms with Gasteiger partial charge in [-0.1, -0.05) is 35.5 Å². The Labute approximate surface area is 126 Å². The number of oxime groups is 1. The van der Waals surface area contributed by atoms with E-state index in [0.29, 0.717) is 10.8 Å². The van der Waals surface area contributed by atoms with Crippen LogP contribution in [0.2, 0.25) is 0 Å². The van der Waals surface area contributed by atoms with Crippen LogP contribution in [-0.2, 0) is 21.0 Å². The first-order valence-electron chi connectivity index (χ1n) is 6.33. The summed E-state index contributed by atoms with van der Waals surface area (Å²) >= 11 is 1.22. The Morgan fingerprint density at radius 3 is 2.76 bits per heavy atom. The fourth-order valence-electron chi connectivity index (χ4n) is 1.53. The van der Waals surface area contributed by atoms with E-state index in [4.69, 9.17) is 15.3 Å². The third-order valence-corrected chi connectivity index (χ3v) is 3.14. The number of benzene rings is 1. The van der Waals surface area contributed by atoms with E-state index < -0.39 is 5.97 Å². The summed E-state index contributed by atoms with van der Waals surface area (Å²) in [6.45, 7) is 2.22. The standard InChI is InChI=1S/C14H15N3O3S/c1-2-19-13(18)12(11-9-21-14(15)16-11)17-20-8-10-6-4-3-5-7-10/h3-7,9H,2,8H2,1H3,(H2,15,16)/b17-12-. The molecule has 0 bridgehead atoms. The number of carbonyl (C=O) groups is 1. The molecule has 0 fully saturated rings. The van der Waals surface area contributed by atoms with Crippen LogP contribution in [-0.4, -0.2) is 23.3 Å². The SMILES string of the molecule is CCOC(=O)/C(=N\OCc1ccccc1)c1csc(N)n1. The van der Waals surface area contributed by atoms with Gasteiger partial charge >= 0.3 is 5.97 Å². The fraction of sp³-hybridized carbons (Fsp3) is 0.214. The number of hydrogen-bond acceptors (Lipinski definition) is 7. The number of carbonyl (C=O) groups excluding carboxylic acids is 1. The number of nitrogens with zero attached hydrogens (tertiary/aromatic N) is 2. The molecule has 0 saturated carbocycles. The van der Waals surface area contributed by atoms with Crippen molar-refractivity contribution in [2.24, 2.45) is 5.16 Å². The van der Waals surface area contributed by atoms with Crippen LogP contribution < -0.4 is 5.73 Å². The maximum absolute atomic E-state index is 11.9. The molecule has 6 nitrogen and oxygen atoms in total. The van der Waals surface area contributed by atoms with Crippen LogP contribution in [0.5, 0.6) is 0 Å². The molecule has 2 rings (SSSR count). The van der Waals surface area contributed by atoms with Crippen LogP contribution in [0.1, 0.15) is 18.2 Å². The van der Waals surface area contributed by atoms with Crippen molar-refractivity contribution in [2.75, 3.05) is 12.3 Å². The molecule has 0 atom stereocenters. The third-order valence-electron chi connectivity index (χ3n) is 2.46. The molecule has 1 heterocycles. The van der Waals surface area contributed by atoms with E-state index in [-0.39, 0.29) is 18.9 Å². The summed E-state index contributed by atoms with van der Waals surface area (Å²) in [5.74, 6) is -0.587. The van der Waals surface area contributed by atoms with Gasteiger partial charge in [-0.25, -0.2) is 9.78 Å². The van der Waals surface area contributed by atoms with Gasteiger partial charge in [0.25, 0.3) is 0 Å². The Kier molecular flexibility index (Phi) is 5.28. The van der Waals surface area contributed by atoms with Gasteiger partial charge in [0.1, 0.15) is 12.3 Å². The van der Waals surface area contributed by atoms with Gasteiger partial charge in [-0.05, 0) is 12.5 Å². The molecule has 2 N–H and O–H groups in total. The molecule has 0 aliphatic heterocycles. The minimum absolute atomic E-state index is 0.0146. The quantitative estimate of drug-likeness (QED) is 0.502. The summed E-state index contributed by atoms with van der Waals surface area (Å²) in [6, 6.07) is 9.52. The van der Waals surface area contributed by atoms with Gasteiger partial charge in [-0.15, -0.1) is 11.3 Å². The summed E-state index contributed by atoms with van der Waals surface area (Å²) in [6.07, 6.45) is 0. The molecule has 110 valence electrons. The first-order valence-corrected chi connectivity index (χ1v) is 7.21. The molecule has 1 aromatic carbocycles. The lowest BCUT2D eigenvalue weighted by molar-refractivity contribution is -0.135. The molecule has 1 aromatic heterocycles. The van der Waals surface area contributed by atoms with Gasteiger partial charge < -0.3 is 15.3 Å². The van der Waals surface area contributed by atoms with Gasteiger partial charge in [0.15, 0.2) is 5.13 Å². The summed E-state index contributed by atoms with van der Waals surface area (Å²) in [5.41, 5.74) is 6.88. The number of nitrogen functional groups attached to an aromatic ring is 1. The Bertz CT molecular complexity index is 625. The smallest absolute Gasteiger partial charge is 0.362 e. The van der Waals surface area contributed by atoms with Crippen molar-refractivity contribution < 1.29 is 14.4 Å². The number of aromatic nitrogens is 1. The van der Waals surface area contributed by atoms with Crippen LogP contribution in [0.4, 0.5) is 5.13 Å². The number of rotatable bonds is 6. The second-order valence-electron chi connectivity index (χ2n) is 3.99. The highest BCUT2D eigenvalue weighted by Gasteiger charge is 2.19. The Balaban J connectivity index is 2.11. The molecule has 0 unspecified atom stereocenters. The highest BCUT2D eigenvalue weighted by molar-refractivity contribution is 7.13. The average molecular weight is 305 g/mol. The van der Waals surface area contributed by atoms with Crippen LogP contribution in [0.3, 0.4) is 0 Å². The largest absolute Gasteiger partial charge is 0.461 e. The first-order chi connectivity index (χ1) is 10.2. The zero-order valence-corrected chi connectivity index (χ0v) is 12.3. The van der Waals surface area contributed by atoms with E-state index in [9.17, 15) is 4.79 Å². The number of thiazole rings is 1. The highest BCUT2D eigenvalue weighted by Crippen LogP contribution is 2.13. The molecule has 21 heavy (non-hydrogen) atoms. The van der Waals surface area contributed by atoms with E-state index in [1.165, 1.54) is 11.3 Å². The van der Waals surface area contributed by atoms with Crippen molar-refractivity contribution >= 4 is 28.1 Å². The van der Waals surface area contributed by atoms with Gasteiger partial charge in [-0.3, -0.25) is 0 Å². The van der Waals surface area contributed by atoms with E-state index in [2.05, 4.69) is 10.1 Å². The minimum Gasteiger partial charge on any atom is -0.461 e. The van der Waals surface area contributed by atoms with Gasteiger partial charge in [0.2, 0.25) is 5.71 Å². The van der Waals surface area contributed by atoms with Crippen molar-refractivity contribution in [3.63, 3.8) is 0 Å². The molecular weight excluding hydrogens is 290 g/mol. The number of ether oxygens (including phenoxy) is 1. The van der Waals surface area contributed by atoms with Crippen LogP contribution >= 0.6 is 11.3 Å². The number of esters is 1. The maximum Gasteiger partial charge on any atom is 0.362 e. The lowest BCUT2D eigenvalue weighted by Gasteiger charge is -2.04. The zero-order valence-electron chi connectivity index (χ0n) is 11.5. The molecule has 0 aliphatic rings. The first kappa shape index (κ1) is 15.0. The van der Waals surface area contributed by atoms with Crippen LogP contribution in [0.15, 0.2) is 40.9 Å². The average Bonchev–Trinajstić information content (AvgIpc) is 2.91. The monoisotopic (exact) mass is 305 g/mol. The van der Waals surface area contributed by atoms with Gasteiger partial charge in [0.05, 0.1) is 6.61 Å². The normalized spacial score (nSPS) is 11.2. The lowest BCUT2D eigenvalue weighted by atomic mass is 10.2. The van der Waals surface area contributed by atoms with Crippen molar-refractivity contribution in [3.8, 4) is 0 Å². The fourth-order valence-corrected chi connectivity index (χ4v) is 2.08. The van der Waals surface area contributed by atoms with Crippen molar-refractivity contribution in [3.05, 3.63) is 47.0 Å². The molecule has 0 saturated heterocycles. The summed E-state index contributed by atoms with van der Waals surface area (Å²) < 4.78 is 4.94. The second-order valence-corrected chi connectivity index (χ2v) is 4.88. The molecule has 0 spiro atoms. The van der Waals surface area contributed by atoms with Crippen molar-refractivity contribution in [1.29, 1.82) is 0 Å². The highest BCUT2D eigenvalue weighted by atomic mass is 32.1. The Morgan fingerprint density at radius 2 is 2.14 bits per heavy atom. The Hall–Kier alpha value is -2.41. The molecular formula is C14H15N3O3S. The number of anilines is 1. The van der Waals surface area contributed by atoms with Gasteiger partial charge in [0, 0.05) is 5.38 Å². The minimum atomic E-state index is -0.587. The van der Waals surface area contributed by atoms with E-state index >= 15 is 0 Å². The molecule has 0 aliphatic carbocycles. The summed E-state index contributed by atoms with van der Waals surface area (Å²) in [4.78, 5) is 21.1. The van der Waals surface area contributed by atoms with Crippen molar-refractivity contribution in [1.82, 2.24) is 4.98 Å². The summed E-state index contributed by atoms with van der Waals surface area (Å²) in [7, 11) is 0. The van der Waals surface area contributed by atoms with Crippen molar-refractivity contribution in [2.45, 2.75) is 13.5 Å². The molecule has 2 aromatic rings. The number of hydrogen-bond donors (Lipinski definition) is 1. The van der Waals surface area contributed by atoms with Crippen LogP contribution in [0, 0.1) is 0 Å². The third kappa shape index (κ3) is 4.28. The molecule has 0 radical (unpaired) electrons. The van der Waals surface area contributed by atoms with Gasteiger partial charge in [-0.2, -0.15) is 0 Å². The lowest BCUT2D eigenvalue weighted by Crippen LogP contribution is -2.19. The van der Waals surface area contributed by atoms with Crippen LogP contribution in [0.25, 0.3) is 0 Å². The van der Waals surface area contributed by atoms with E-state index in [0.717, 1.165) is 5.56 Å². The Morgan fingerprint density at radius 1 is 1.38 bits per heavy atom. The number of nitrogens with two attached hydrogens (primary N) is 1. The maximum atomic E-state index is 11.9. The predicted molar refractivity (Wildman–Crippen MR) is 80.9 cm³/mol. The van der Waals surface area contributed by atoms with E-state index in [1.54, 1.807) is 12.3 Å². The zero-order chi connectivity index (χ0) is 15.1. The molecule has 0 amide bonds. The molecule has 7 heteroatoms. The second kappa shape index (κ2) is 7.39. The predicted octanol–water partition coefficient (Wildman–Crippen LogP) is 2.21. The topological polar surface area (TPSA) is 86.8 Å². The summed E-state index contributed by atoms with van der Waals surface area (Å²) in [5, 5.41) is 5.84.